The summed E-state index contributed by atoms with van der Waals surface area (Å²) < 4.78 is 12.0. The van der Waals surface area contributed by atoms with E-state index in [1.807, 2.05) is 0 Å². The van der Waals surface area contributed by atoms with E-state index in [-0.39, 0.29) is 31.5 Å². The Morgan fingerprint density at radius 3 is 2.75 bits per heavy atom. The number of carbonyl (C=O) groups excluding carboxylic acids is 1. The van der Waals surface area contributed by atoms with Gasteiger partial charge in [0.15, 0.2) is 0 Å². The van der Waals surface area contributed by atoms with Gasteiger partial charge in [0, 0.05) is 20.1 Å². The minimum atomic E-state index is -0.670. The summed E-state index contributed by atoms with van der Waals surface area (Å²) in [5, 5.41) is -0.555. The van der Waals surface area contributed by atoms with Crippen LogP contribution in [0.3, 0.4) is 0 Å². The van der Waals surface area contributed by atoms with Gasteiger partial charge in [-0.3, -0.25) is 0 Å². The second-order valence-electron chi connectivity index (χ2n) is 1.94. The molecule has 0 saturated carbocycles. The van der Waals surface area contributed by atoms with Crippen LogP contribution in [0.2, 0.25) is 0 Å². The molecular formula is C7H5FIrNOS-. The van der Waals surface area contributed by atoms with Crippen LogP contribution in [-0.4, -0.2) is 10.1 Å². The molecule has 12 heavy (non-hydrogen) atoms. The average Bonchev–Trinajstić information content (AvgIpc) is 2.05. The van der Waals surface area contributed by atoms with Crippen molar-refractivity contribution in [2.45, 2.75) is 6.67 Å². The van der Waals surface area contributed by atoms with Crippen LogP contribution in [0, 0.1) is 0 Å². The Labute approximate surface area is 88.3 Å². The fourth-order valence-corrected chi connectivity index (χ4v) is 0.781. The summed E-state index contributed by atoms with van der Waals surface area (Å²) in [6.45, 7) is -0.670. The van der Waals surface area contributed by atoms with Crippen molar-refractivity contribution in [3.63, 3.8) is 0 Å². The molecular weight excluding hydrogens is 357 g/mol. The number of nitrogens with zero attached hydrogens (tertiary/aromatic N) is 1. The molecule has 1 heterocycles. The van der Waals surface area contributed by atoms with E-state index in [9.17, 15) is 9.18 Å². The van der Waals surface area contributed by atoms with Gasteiger partial charge in [-0.15, -0.1) is 0 Å². The van der Waals surface area contributed by atoms with Crippen molar-refractivity contribution in [1.82, 2.24) is 4.98 Å². The molecule has 0 aliphatic heterocycles. The van der Waals surface area contributed by atoms with Gasteiger partial charge in [-0.1, -0.05) is 6.07 Å². The van der Waals surface area contributed by atoms with Gasteiger partial charge in [-0.25, -0.2) is 9.37 Å². The number of hydrogen-bond acceptors (Lipinski definition) is 3. The molecule has 0 aliphatic carbocycles. The minimum absolute atomic E-state index is 0. The first-order valence-electron chi connectivity index (χ1n) is 2.97. The quantitative estimate of drug-likeness (QED) is 0.742. The molecule has 0 aromatic carbocycles. The van der Waals surface area contributed by atoms with Crippen LogP contribution in [0.15, 0.2) is 18.2 Å². The predicted octanol–water partition coefficient (Wildman–Crippen LogP) is 1.24. The van der Waals surface area contributed by atoms with E-state index >= 15 is 0 Å². The van der Waals surface area contributed by atoms with Gasteiger partial charge >= 0.3 is 0 Å². The molecule has 0 saturated heterocycles. The summed E-state index contributed by atoms with van der Waals surface area (Å²) in [6.07, 6.45) is 0. The van der Waals surface area contributed by atoms with Crippen LogP contribution in [0.5, 0.6) is 0 Å². The maximum absolute atomic E-state index is 12.0. The standard InChI is InChI=1S/C7H6FNOS.Ir/c8-4-5-2-1-3-6(9-5)7(10)11;/h1-3H,4H2,(H,10,11);/p-1. The Hall–Kier alpha value is -0.381. The first-order valence-corrected chi connectivity index (χ1v) is 3.38. The second-order valence-corrected chi connectivity index (χ2v) is 2.31. The number of hydrogen-bond donors (Lipinski definition) is 0. The molecule has 5 heteroatoms. The van der Waals surface area contributed by atoms with E-state index in [4.69, 9.17) is 0 Å². The maximum Gasteiger partial charge on any atom is 0.131 e. The second kappa shape index (κ2) is 5.30. The van der Waals surface area contributed by atoms with Gasteiger partial charge in [-0.2, -0.15) is 0 Å². The van der Waals surface area contributed by atoms with Gasteiger partial charge in [0.05, 0.1) is 16.5 Å². The Bertz CT molecular complexity index is 282. The molecule has 0 aliphatic rings. The monoisotopic (exact) mass is 363 g/mol. The molecule has 1 rings (SSSR count). The number of rotatable bonds is 2. The molecule has 0 fully saturated rings. The van der Waals surface area contributed by atoms with Crippen LogP contribution in [-0.2, 0) is 39.4 Å². The molecule has 1 radical (unpaired) electrons. The normalized spacial score (nSPS) is 8.75. The van der Waals surface area contributed by atoms with Gasteiger partial charge in [-0.05, 0) is 12.1 Å². The number of alkyl halides is 1. The first-order chi connectivity index (χ1) is 5.24. The van der Waals surface area contributed by atoms with E-state index < -0.39 is 11.8 Å². The van der Waals surface area contributed by atoms with Crippen molar-refractivity contribution in [2.24, 2.45) is 0 Å². The Kier molecular flexibility index (Phi) is 5.13. The molecule has 0 unspecified atom stereocenters. The maximum atomic E-state index is 12.0. The molecule has 2 nitrogen and oxygen atoms in total. The molecule has 0 amide bonds. The van der Waals surface area contributed by atoms with Crippen LogP contribution in [0.25, 0.3) is 0 Å². The minimum Gasteiger partial charge on any atom is -0.735 e. The van der Waals surface area contributed by atoms with Gasteiger partial charge in [0.2, 0.25) is 0 Å². The predicted molar refractivity (Wildman–Crippen MR) is 40.7 cm³/mol. The molecule has 1 aromatic heterocycles. The summed E-state index contributed by atoms with van der Waals surface area (Å²) in [6, 6.07) is 4.53. The Morgan fingerprint density at radius 1 is 1.58 bits per heavy atom. The Balaban J connectivity index is 0.00000121. The third-order valence-corrected chi connectivity index (χ3v) is 1.36. The molecule has 1 aromatic rings. The van der Waals surface area contributed by atoms with Crippen LogP contribution in [0.4, 0.5) is 4.39 Å². The van der Waals surface area contributed by atoms with Crippen molar-refractivity contribution in [3.05, 3.63) is 29.6 Å². The molecule has 67 valence electrons. The SMILES string of the molecule is O=C([S-])c1cccc(CF)n1.[Ir]. The van der Waals surface area contributed by atoms with Gasteiger partial charge in [0.25, 0.3) is 0 Å². The summed E-state index contributed by atoms with van der Waals surface area (Å²) in [4.78, 5) is 14.2. The first kappa shape index (κ1) is 11.6. The topological polar surface area (TPSA) is 30.0 Å². The summed E-state index contributed by atoms with van der Waals surface area (Å²) in [5.41, 5.74) is 0.371. The molecule has 0 N–H and O–H groups in total. The summed E-state index contributed by atoms with van der Waals surface area (Å²) in [7, 11) is 0. The molecule has 0 spiro atoms. The largest absolute Gasteiger partial charge is 0.735 e. The van der Waals surface area contributed by atoms with Crippen molar-refractivity contribution in [1.29, 1.82) is 0 Å². The summed E-state index contributed by atoms with van der Waals surface area (Å²) >= 11 is 4.33. The molecule has 0 atom stereocenters. The number of carbonyl (C=O) groups is 1. The van der Waals surface area contributed by atoms with E-state index in [0.29, 0.717) is 0 Å². The third kappa shape index (κ3) is 2.93. The number of halogens is 1. The summed E-state index contributed by atoms with van der Waals surface area (Å²) in [5.74, 6) is 0. The van der Waals surface area contributed by atoms with E-state index in [1.165, 1.54) is 12.1 Å². The van der Waals surface area contributed by atoms with Crippen LogP contribution < -0.4 is 0 Å². The van der Waals surface area contributed by atoms with Crippen molar-refractivity contribution < 1.29 is 29.3 Å². The fraction of sp³-hybridized carbons (Fsp3) is 0.143. The van der Waals surface area contributed by atoms with Crippen molar-refractivity contribution in [3.8, 4) is 0 Å². The van der Waals surface area contributed by atoms with Crippen LogP contribution in [0.1, 0.15) is 16.2 Å². The van der Waals surface area contributed by atoms with Gasteiger partial charge < -0.3 is 17.4 Å². The van der Waals surface area contributed by atoms with Crippen LogP contribution >= 0.6 is 0 Å². The number of aromatic nitrogens is 1. The zero-order chi connectivity index (χ0) is 8.27. The molecule has 0 bridgehead atoms. The zero-order valence-electron chi connectivity index (χ0n) is 5.91. The van der Waals surface area contributed by atoms with Crippen molar-refractivity contribution in [2.75, 3.05) is 0 Å². The number of pyridine rings is 1. The zero-order valence-corrected chi connectivity index (χ0v) is 9.13. The van der Waals surface area contributed by atoms with E-state index in [0.717, 1.165) is 0 Å². The van der Waals surface area contributed by atoms with Crippen molar-refractivity contribution >= 4 is 17.7 Å². The van der Waals surface area contributed by atoms with Gasteiger partial charge in [0.1, 0.15) is 6.67 Å². The average molecular weight is 362 g/mol. The van der Waals surface area contributed by atoms with E-state index in [1.54, 1.807) is 6.07 Å². The fourth-order valence-electron chi connectivity index (χ4n) is 0.668. The third-order valence-electron chi connectivity index (χ3n) is 1.15. The van der Waals surface area contributed by atoms with E-state index in [2.05, 4.69) is 17.6 Å². The smallest absolute Gasteiger partial charge is 0.131 e. The Morgan fingerprint density at radius 2 is 2.25 bits per heavy atom.